The van der Waals surface area contributed by atoms with Crippen molar-refractivity contribution in [3.8, 4) is 0 Å². The zero-order valence-electron chi connectivity index (χ0n) is 51.4. The number of phosphoric acid groups is 3. The van der Waals surface area contributed by atoms with Gasteiger partial charge in [-0.1, -0.05) is 7.43 Å². The molecule has 0 aromatic heterocycles. The predicted octanol–water partition coefficient (Wildman–Crippen LogP) is -2.03. The lowest BCUT2D eigenvalue weighted by Crippen LogP contribution is -2.50. The Labute approximate surface area is 530 Å². The van der Waals surface area contributed by atoms with Crippen LogP contribution in [0.15, 0.2) is 0 Å². The maximum atomic E-state index is 12.3. The van der Waals surface area contributed by atoms with Gasteiger partial charge in [-0.25, -0.2) is 0 Å². The van der Waals surface area contributed by atoms with Crippen LogP contribution in [0.25, 0.3) is 0 Å². The molecule has 89 heavy (non-hydrogen) atoms. The van der Waals surface area contributed by atoms with Crippen LogP contribution in [0, 0.1) is 0 Å². The summed E-state index contributed by atoms with van der Waals surface area (Å²) in [5.74, 6) is -5.62. The second-order valence-corrected chi connectivity index (χ2v) is 26.7. The molecule has 40 heteroatoms. The van der Waals surface area contributed by atoms with E-state index in [-0.39, 0.29) is 106 Å². The maximum Gasteiger partial charge on any atom is 0.271 e. The monoisotopic (exact) mass is 1330 g/mol. The third-order valence-corrected chi connectivity index (χ3v) is 15.9. The van der Waals surface area contributed by atoms with E-state index < -0.39 is 138 Å². The largest absolute Gasteiger partial charge is 0.870 e. The van der Waals surface area contributed by atoms with E-state index in [4.69, 9.17) is 127 Å². The van der Waals surface area contributed by atoms with Gasteiger partial charge in [-0.15, -0.1) is 0 Å². The number of carbonyl (C=O) groups is 1. The van der Waals surface area contributed by atoms with Gasteiger partial charge in [-0.3, -0.25) is 23.0 Å². The maximum absolute atomic E-state index is 12.3. The number of ether oxygens (including phenoxy) is 12. The van der Waals surface area contributed by atoms with E-state index in [1.54, 1.807) is 27.7 Å². The first-order valence-corrected chi connectivity index (χ1v) is 32.6. The number of hydrogen-bond acceptors (Lipinski definition) is 31. The first-order valence-electron chi connectivity index (χ1n) is 28.2. The molecule has 0 aromatic rings. The molecule has 0 saturated carbocycles. The van der Waals surface area contributed by atoms with E-state index in [2.05, 4.69) is 9.05 Å². The summed E-state index contributed by atoms with van der Waals surface area (Å²) in [6.07, 6.45) is -8.83. The van der Waals surface area contributed by atoms with Crippen LogP contribution in [0.3, 0.4) is 0 Å². The molecule has 7 fully saturated rings. The normalized spacial score (nSPS) is 37.6. The second-order valence-electron chi connectivity index (χ2n) is 22.7. The molecule has 508 valence electrons. The highest BCUT2D eigenvalue weighted by atomic mass is 31.2. The molecule has 31 nitrogen and oxygen atoms in total. The fraction of sp³-hybridized carbons (Fsp3) is 0.980. The van der Waals surface area contributed by atoms with Gasteiger partial charge in [0.2, 0.25) is 11.6 Å². The summed E-state index contributed by atoms with van der Waals surface area (Å²) in [5.41, 5.74) is 0. The van der Waals surface area contributed by atoms with Gasteiger partial charge in [0, 0.05) is 18.0 Å². The van der Waals surface area contributed by atoms with Crippen LogP contribution in [-0.2, 0) is 102 Å². The Hall–Kier alpha value is -0.330. The van der Waals surface area contributed by atoms with Gasteiger partial charge in [-0.2, -0.15) is 0 Å². The summed E-state index contributed by atoms with van der Waals surface area (Å²) in [4.78, 5) is 47.8. The Morgan fingerprint density at radius 3 is 1.36 bits per heavy atom. The third kappa shape index (κ3) is 27.2. The molecule has 0 spiro atoms. The average Bonchev–Trinajstić information content (AvgIpc) is 1.64. The molecule has 7 aliphatic rings. The van der Waals surface area contributed by atoms with Crippen molar-refractivity contribution in [1.82, 2.24) is 0 Å². The van der Waals surface area contributed by atoms with Crippen LogP contribution < -0.4 is 14.7 Å². The summed E-state index contributed by atoms with van der Waals surface area (Å²) in [5, 5.41) is 39.1. The molecule has 7 aliphatic heterocycles. The lowest BCUT2D eigenvalue weighted by molar-refractivity contribution is -0.259. The third-order valence-electron chi connectivity index (χ3n) is 13.0. The first kappa shape index (κ1) is 86.7. The highest BCUT2D eigenvalue weighted by Crippen LogP contribution is 2.58. The molecule has 7 rings (SSSR count). The molecule has 7 heterocycles. The van der Waals surface area contributed by atoms with Crippen molar-refractivity contribution < 1.29 is 149 Å². The van der Waals surface area contributed by atoms with Crippen molar-refractivity contribution in [3.05, 3.63) is 0 Å². The fourth-order valence-electron chi connectivity index (χ4n) is 9.19. The van der Waals surface area contributed by atoms with Crippen LogP contribution in [-0.4, -0.2) is 281 Å². The SMILES string of the molecule is C.[B][C@@H]1O[C@H](COC(C)C)[C@@H]2OP(=O)([O-])OC12O.[B][C@@H]1O[C@H](COC(C)C)[C@H](OP(=O)([O-])OC[C@H]2O[C@@H]([B])C[C@H]2OC(C)C)C1(O)O.[B][C@@H]1O[C@H](COC(C)C)[C@H](OP(=O)([O-])OC[C@H]2O[C@@H]([B])C[C@H]2OC(C)C)C1=O.[B][C@H]1C[C@@H](OC(C)C)[C@@H](CO)O1.[OH-].[OH-]. The van der Waals surface area contributed by atoms with Crippen molar-refractivity contribution in [3.63, 3.8) is 0 Å². The Balaban J connectivity index is 0.000000615. The molecule has 0 aromatic carbocycles. The molecule has 4 unspecified atom stereocenters. The Morgan fingerprint density at radius 1 is 0.562 bits per heavy atom. The van der Waals surface area contributed by atoms with E-state index in [0.717, 1.165) is 0 Å². The Kier molecular flexibility index (Phi) is 37.0. The van der Waals surface area contributed by atoms with Crippen molar-refractivity contribution in [2.24, 2.45) is 0 Å². The Bertz CT molecular complexity index is 2210. The van der Waals surface area contributed by atoms with Gasteiger partial charge in [0.15, 0.2) is 18.0 Å². The number of Topliss-reactive ketones (excluding diaryl/α,β-unsaturated/α-hetero) is 1. The highest BCUT2D eigenvalue weighted by Gasteiger charge is 2.63. The molecule has 0 aliphatic carbocycles. The lowest BCUT2D eigenvalue weighted by Gasteiger charge is -2.34. The minimum absolute atomic E-state index is 0. The lowest BCUT2D eigenvalue weighted by atomic mass is 9.90. The van der Waals surface area contributed by atoms with Gasteiger partial charge in [-0.05, 0) is 102 Å². The van der Waals surface area contributed by atoms with Gasteiger partial charge in [0.1, 0.15) is 89.8 Å². The molecule has 7 saturated heterocycles. The standard InChI is InChI=1S/C16H29B2O10P.C16H27B2O9P.C8H14BO7P.C8H15BO3.CH4.2H2O/c1-8(2)23-6-12-14(16(19,20)15(18)27-12)28-29(21,22)24-7-11-10(25-9(3)4)5-13(17)26-11;1-8(2)22-6-12-15(14(19)16(18)26-12)27-28(20,21)23-7-11-10(24-9(3)4)5-13(17)25-11;1-4(2)13-3-5-6-8(10,7(9)14-5)16-17(11,12)15-6;1-5(2)11-6-3-8(9)12-7(6)4-10;;;/h8-15,19-20H,5-7H2,1-4H3,(H,21,22);8-13,15-16H,5-7H2,1-4H3,(H,20,21);4-7,10H,3H2,1-2H3,(H,11,12);5-8,10H,3-4H2,1-2H3;1H4;2*1H2/p-5/t10-,11-,12-,13-,14+,15-;10-,11-,12-,13-,15+,16-;5-,6+,7-,8?;6-,7-,8-;;;/m1111.../s1. The summed E-state index contributed by atoms with van der Waals surface area (Å²) < 4.78 is 129. The first-order chi connectivity index (χ1) is 39.7. The number of carbonyl (C=O) groups excluding carboxylic acids is 1. The predicted molar refractivity (Wildman–Crippen MR) is 309 cm³/mol. The minimum atomic E-state index is -5.00. The topological polar surface area (TPSA) is 445 Å². The zero-order valence-corrected chi connectivity index (χ0v) is 54.1. The van der Waals surface area contributed by atoms with Crippen molar-refractivity contribution >= 4 is 76.3 Å². The van der Waals surface area contributed by atoms with Crippen molar-refractivity contribution in [2.45, 2.75) is 267 Å². The van der Waals surface area contributed by atoms with Crippen LogP contribution in [0.5, 0.6) is 0 Å². The second kappa shape index (κ2) is 38.0. The van der Waals surface area contributed by atoms with Crippen molar-refractivity contribution in [2.75, 3.05) is 39.6 Å². The average molecular weight is 1330 g/mol. The van der Waals surface area contributed by atoms with Crippen LogP contribution in [0.4, 0.5) is 0 Å². The van der Waals surface area contributed by atoms with Gasteiger partial charge in [0.05, 0.1) is 113 Å². The molecule has 0 amide bonds. The zero-order chi connectivity index (χ0) is 65.0. The molecular weight excluding hydrogens is 1240 g/mol. The van der Waals surface area contributed by atoms with Gasteiger partial charge >= 0.3 is 0 Å². The smallest absolute Gasteiger partial charge is 0.271 e. The molecular formula is C49H88B6O31P3-5. The number of hydrogen-bond donors (Lipinski definition) is 4. The summed E-state index contributed by atoms with van der Waals surface area (Å²) in [7, 11) is 19.2. The summed E-state index contributed by atoms with van der Waals surface area (Å²) in [6, 6.07) is -5.65. The van der Waals surface area contributed by atoms with Crippen LogP contribution in [0.2, 0.25) is 0 Å². The van der Waals surface area contributed by atoms with Gasteiger partial charge in [0.25, 0.3) is 23.5 Å². The quantitative estimate of drug-likeness (QED) is 0.0412. The number of ketones is 1. The molecule has 22 atom stereocenters. The molecule has 6 N–H and O–H groups in total. The van der Waals surface area contributed by atoms with Crippen LogP contribution in [0.1, 0.15) is 110 Å². The van der Waals surface area contributed by atoms with Crippen LogP contribution >= 0.6 is 23.5 Å². The minimum Gasteiger partial charge on any atom is -0.870 e. The number of fused-ring (bicyclic) bond motifs is 1. The number of phosphoric ester groups is 3. The van der Waals surface area contributed by atoms with E-state index in [9.17, 15) is 48.5 Å². The summed E-state index contributed by atoms with van der Waals surface area (Å²) in [6.45, 7) is 21.0. The van der Waals surface area contributed by atoms with Crippen molar-refractivity contribution in [1.29, 1.82) is 0 Å². The van der Waals surface area contributed by atoms with E-state index in [1.165, 1.54) is 0 Å². The number of rotatable bonds is 26. The number of aliphatic hydroxyl groups is 4. The highest BCUT2D eigenvalue weighted by molar-refractivity contribution is 7.46. The van der Waals surface area contributed by atoms with E-state index >= 15 is 0 Å². The van der Waals surface area contributed by atoms with Gasteiger partial charge < -0.3 is 126 Å². The summed E-state index contributed by atoms with van der Waals surface area (Å²) >= 11 is 0. The van der Waals surface area contributed by atoms with E-state index in [0.29, 0.717) is 19.3 Å². The number of aliphatic hydroxyl groups excluding tert-OH is 1. The fourth-order valence-corrected chi connectivity index (χ4v) is 12.2. The van der Waals surface area contributed by atoms with E-state index in [1.807, 2.05) is 55.4 Å². The molecule has 12 radical (unpaired) electrons. The Morgan fingerprint density at radius 2 is 0.944 bits per heavy atom. The molecule has 0 bridgehead atoms.